The van der Waals surface area contributed by atoms with Gasteiger partial charge in [-0.15, -0.1) is 0 Å². The molecular weight excluding hydrogens is 276 g/mol. The van der Waals surface area contributed by atoms with Gasteiger partial charge in [-0.05, 0) is 18.2 Å². The maximum Gasteiger partial charge on any atom is 0.150 e. The number of hydrogen-bond donors (Lipinski definition) is 1. The standard InChI is InChI=1S/C15H17ClN2O2/c1-19-9-8-18-10-12-4-2-6-14(16)15(12)20-13-5-3-7-17-11-13/h2-7,11,18H,8-10H2,1H3. The number of nitrogens with zero attached hydrogens (tertiary/aromatic N) is 1. The maximum atomic E-state index is 6.22. The Bertz CT molecular complexity index is 535. The molecule has 0 saturated heterocycles. The van der Waals surface area contributed by atoms with Gasteiger partial charge in [-0.2, -0.15) is 0 Å². The highest BCUT2D eigenvalue weighted by Crippen LogP contribution is 2.32. The van der Waals surface area contributed by atoms with E-state index in [0.29, 0.717) is 29.7 Å². The zero-order chi connectivity index (χ0) is 14.2. The summed E-state index contributed by atoms with van der Waals surface area (Å²) in [5.74, 6) is 1.32. The van der Waals surface area contributed by atoms with Crippen LogP contribution in [0.3, 0.4) is 0 Å². The third-order valence-corrected chi connectivity index (χ3v) is 3.00. The summed E-state index contributed by atoms with van der Waals surface area (Å²) in [7, 11) is 1.68. The van der Waals surface area contributed by atoms with Gasteiger partial charge >= 0.3 is 0 Å². The number of ether oxygens (including phenoxy) is 2. The lowest BCUT2D eigenvalue weighted by Gasteiger charge is -2.13. The van der Waals surface area contributed by atoms with Gasteiger partial charge < -0.3 is 14.8 Å². The Labute approximate surface area is 123 Å². The monoisotopic (exact) mass is 292 g/mol. The fraction of sp³-hybridized carbons (Fsp3) is 0.267. The number of para-hydroxylation sites is 1. The molecule has 0 aliphatic rings. The van der Waals surface area contributed by atoms with Crippen molar-refractivity contribution in [2.24, 2.45) is 0 Å². The molecule has 2 rings (SSSR count). The van der Waals surface area contributed by atoms with Crippen molar-refractivity contribution < 1.29 is 9.47 Å². The van der Waals surface area contributed by atoms with Crippen LogP contribution in [0.4, 0.5) is 0 Å². The number of aromatic nitrogens is 1. The maximum absolute atomic E-state index is 6.22. The van der Waals surface area contributed by atoms with Gasteiger partial charge in [-0.25, -0.2) is 0 Å². The average molecular weight is 293 g/mol. The summed E-state index contributed by atoms with van der Waals surface area (Å²) in [6.45, 7) is 2.11. The summed E-state index contributed by atoms with van der Waals surface area (Å²) in [4.78, 5) is 4.03. The molecule has 5 heteroatoms. The fourth-order valence-corrected chi connectivity index (χ4v) is 1.96. The number of benzene rings is 1. The topological polar surface area (TPSA) is 43.4 Å². The van der Waals surface area contributed by atoms with E-state index in [0.717, 1.165) is 12.1 Å². The van der Waals surface area contributed by atoms with Crippen molar-refractivity contribution in [3.05, 3.63) is 53.3 Å². The molecule has 20 heavy (non-hydrogen) atoms. The number of halogens is 1. The van der Waals surface area contributed by atoms with Crippen molar-refractivity contribution in [2.45, 2.75) is 6.54 Å². The highest BCUT2D eigenvalue weighted by Gasteiger charge is 2.09. The predicted octanol–water partition coefficient (Wildman–Crippen LogP) is 3.26. The van der Waals surface area contributed by atoms with Gasteiger partial charge in [-0.3, -0.25) is 4.98 Å². The second-order valence-electron chi connectivity index (χ2n) is 4.19. The van der Waals surface area contributed by atoms with E-state index in [4.69, 9.17) is 21.1 Å². The minimum Gasteiger partial charge on any atom is -0.454 e. The third-order valence-electron chi connectivity index (χ3n) is 2.70. The summed E-state index contributed by atoms with van der Waals surface area (Å²) < 4.78 is 10.8. The van der Waals surface area contributed by atoms with Crippen molar-refractivity contribution in [3.63, 3.8) is 0 Å². The quantitative estimate of drug-likeness (QED) is 0.796. The van der Waals surface area contributed by atoms with E-state index in [2.05, 4.69) is 10.3 Å². The smallest absolute Gasteiger partial charge is 0.150 e. The van der Waals surface area contributed by atoms with Crippen LogP contribution >= 0.6 is 11.6 Å². The second-order valence-corrected chi connectivity index (χ2v) is 4.60. The largest absolute Gasteiger partial charge is 0.454 e. The molecule has 0 fully saturated rings. The average Bonchev–Trinajstić information content (AvgIpc) is 2.48. The molecule has 0 unspecified atom stereocenters. The van der Waals surface area contributed by atoms with Crippen LogP contribution in [0.15, 0.2) is 42.7 Å². The van der Waals surface area contributed by atoms with E-state index in [9.17, 15) is 0 Å². The number of methoxy groups -OCH3 is 1. The van der Waals surface area contributed by atoms with Crippen LogP contribution in [0.2, 0.25) is 5.02 Å². The molecule has 0 spiro atoms. The first-order valence-corrected chi connectivity index (χ1v) is 6.74. The lowest BCUT2D eigenvalue weighted by molar-refractivity contribution is 0.199. The van der Waals surface area contributed by atoms with Crippen molar-refractivity contribution in [1.29, 1.82) is 0 Å². The lowest BCUT2D eigenvalue weighted by Crippen LogP contribution is -2.18. The predicted molar refractivity (Wildman–Crippen MR) is 79.3 cm³/mol. The third kappa shape index (κ3) is 4.20. The Morgan fingerprint density at radius 2 is 2.15 bits per heavy atom. The zero-order valence-electron chi connectivity index (χ0n) is 11.3. The molecule has 4 nitrogen and oxygen atoms in total. The zero-order valence-corrected chi connectivity index (χ0v) is 12.1. The van der Waals surface area contributed by atoms with Crippen LogP contribution < -0.4 is 10.1 Å². The summed E-state index contributed by atoms with van der Waals surface area (Å²) in [6, 6.07) is 9.37. The van der Waals surface area contributed by atoms with Crippen molar-refractivity contribution >= 4 is 11.6 Å². The number of hydrogen-bond acceptors (Lipinski definition) is 4. The van der Waals surface area contributed by atoms with E-state index < -0.39 is 0 Å². The Morgan fingerprint density at radius 3 is 2.90 bits per heavy atom. The van der Waals surface area contributed by atoms with Crippen molar-refractivity contribution in [3.8, 4) is 11.5 Å². The molecule has 1 N–H and O–H groups in total. The van der Waals surface area contributed by atoms with Gasteiger partial charge in [0.1, 0.15) is 5.75 Å². The highest BCUT2D eigenvalue weighted by atomic mass is 35.5. The molecule has 0 amide bonds. The summed E-state index contributed by atoms with van der Waals surface area (Å²) in [6.07, 6.45) is 3.36. The Hall–Kier alpha value is -1.62. The normalized spacial score (nSPS) is 10.5. The van der Waals surface area contributed by atoms with E-state index in [1.54, 1.807) is 19.5 Å². The second kappa shape index (κ2) is 7.85. The summed E-state index contributed by atoms with van der Waals surface area (Å²) in [5.41, 5.74) is 0.998. The molecule has 0 saturated carbocycles. The Balaban J connectivity index is 2.10. The minimum atomic E-state index is 0.583. The molecule has 2 aromatic rings. The van der Waals surface area contributed by atoms with Crippen LogP contribution in [0.1, 0.15) is 5.56 Å². The molecule has 0 radical (unpaired) electrons. The van der Waals surface area contributed by atoms with Crippen LogP contribution in [-0.4, -0.2) is 25.2 Å². The molecule has 0 bridgehead atoms. The van der Waals surface area contributed by atoms with Gasteiger partial charge in [-0.1, -0.05) is 23.7 Å². The number of rotatable bonds is 7. The van der Waals surface area contributed by atoms with E-state index in [1.165, 1.54) is 0 Å². The van der Waals surface area contributed by atoms with Crippen LogP contribution in [0.25, 0.3) is 0 Å². The highest BCUT2D eigenvalue weighted by molar-refractivity contribution is 6.32. The first-order valence-electron chi connectivity index (χ1n) is 6.36. The van der Waals surface area contributed by atoms with E-state index in [1.807, 2.05) is 30.3 Å². The van der Waals surface area contributed by atoms with Gasteiger partial charge in [0.25, 0.3) is 0 Å². The molecular formula is C15H17ClN2O2. The first-order chi connectivity index (χ1) is 9.81. The van der Waals surface area contributed by atoms with Gasteiger partial charge in [0.2, 0.25) is 0 Å². The van der Waals surface area contributed by atoms with Gasteiger partial charge in [0.05, 0.1) is 17.8 Å². The Kier molecular flexibility index (Phi) is 5.80. The van der Waals surface area contributed by atoms with Crippen LogP contribution in [0.5, 0.6) is 11.5 Å². The molecule has 106 valence electrons. The van der Waals surface area contributed by atoms with E-state index >= 15 is 0 Å². The first kappa shape index (κ1) is 14.8. The molecule has 1 heterocycles. The van der Waals surface area contributed by atoms with Crippen molar-refractivity contribution in [2.75, 3.05) is 20.3 Å². The molecule has 1 aromatic carbocycles. The number of nitrogens with one attached hydrogen (secondary N) is 1. The molecule has 0 aliphatic carbocycles. The van der Waals surface area contributed by atoms with Gasteiger partial charge in [0, 0.05) is 32.0 Å². The molecule has 0 aliphatic heterocycles. The molecule has 1 aromatic heterocycles. The molecule has 0 atom stereocenters. The van der Waals surface area contributed by atoms with Crippen LogP contribution in [-0.2, 0) is 11.3 Å². The van der Waals surface area contributed by atoms with Crippen LogP contribution in [0, 0.1) is 0 Å². The minimum absolute atomic E-state index is 0.583. The SMILES string of the molecule is COCCNCc1cccc(Cl)c1Oc1cccnc1. The number of pyridine rings is 1. The lowest BCUT2D eigenvalue weighted by atomic mass is 10.2. The summed E-state index contributed by atoms with van der Waals surface area (Å²) in [5, 5.41) is 3.86. The Morgan fingerprint density at radius 1 is 1.25 bits per heavy atom. The van der Waals surface area contributed by atoms with Gasteiger partial charge in [0.15, 0.2) is 5.75 Å². The van der Waals surface area contributed by atoms with E-state index in [-0.39, 0.29) is 0 Å². The summed E-state index contributed by atoms with van der Waals surface area (Å²) >= 11 is 6.22. The van der Waals surface area contributed by atoms with Crippen molar-refractivity contribution in [1.82, 2.24) is 10.3 Å². The fourth-order valence-electron chi connectivity index (χ4n) is 1.73.